The molecule has 0 saturated heterocycles. The third-order valence-electron chi connectivity index (χ3n) is 3.52. The summed E-state index contributed by atoms with van der Waals surface area (Å²) < 4.78 is 19.9. The van der Waals surface area contributed by atoms with E-state index >= 15 is 0 Å². The van der Waals surface area contributed by atoms with Crippen molar-refractivity contribution in [3.8, 4) is 0 Å². The van der Waals surface area contributed by atoms with Crippen molar-refractivity contribution >= 4 is 38.5 Å². The van der Waals surface area contributed by atoms with Crippen molar-refractivity contribution in [2.24, 2.45) is 5.73 Å². The van der Waals surface area contributed by atoms with Crippen LogP contribution in [0.5, 0.6) is 0 Å². The van der Waals surface area contributed by atoms with Gasteiger partial charge in [-0.05, 0) is 36.8 Å². The number of hydrogen-bond donors (Lipinski definition) is 1. The molecule has 0 fully saturated rings. The molecule has 0 saturated carbocycles. The summed E-state index contributed by atoms with van der Waals surface area (Å²) in [5.41, 5.74) is 8.44. The molecule has 3 aromatic rings. The maximum absolute atomic E-state index is 13.3. The molecule has 2 aromatic carbocycles. The Kier molecular flexibility index (Phi) is 3.78. The molecule has 0 radical (unpaired) electrons. The van der Waals surface area contributed by atoms with Crippen LogP contribution in [-0.2, 0) is 0 Å². The Bertz CT molecular complexity index is 831. The number of hydrogen-bond acceptors (Lipinski definition) is 2. The van der Waals surface area contributed by atoms with Gasteiger partial charge in [-0.2, -0.15) is 0 Å². The van der Waals surface area contributed by atoms with Crippen LogP contribution in [0.25, 0.3) is 11.0 Å². The van der Waals surface area contributed by atoms with Crippen LogP contribution in [0.1, 0.15) is 22.9 Å². The van der Waals surface area contributed by atoms with Gasteiger partial charge in [0.25, 0.3) is 0 Å². The molecule has 3 rings (SSSR count). The number of nitrogens with two attached hydrogens (primary N) is 1. The summed E-state index contributed by atoms with van der Waals surface area (Å²) in [4.78, 5) is 0. The molecule has 0 aliphatic heterocycles. The van der Waals surface area contributed by atoms with E-state index in [0.717, 1.165) is 21.0 Å². The van der Waals surface area contributed by atoms with Crippen molar-refractivity contribution in [3.05, 3.63) is 68.6 Å². The SMILES string of the molecule is Cc1c(C(N)c2ccc(Br)cc2Cl)oc2cc(F)ccc12. The van der Waals surface area contributed by atoms with Crippen LogP contribution in [0.2, 0.25) is 5.02 Å². The Morgan fingerprint density at radius 3 is 2.71 bits per heavy atom. The van der Waals surface area contributed by atoms with E-state index in [1.165, 1.54) is 12.1 Å². The predicted octanol–water partition coefficient (Wildman–Crippen LogP) is 5.34. The molecule has 1 unspecified atom stereocenters. The second-order valence-electron chi connectivity index (χ2n) is 4.88. The molecule has 2 N–H and O–H groups in total. The summed E-state index contributed by atoms with van der Waals surface area (Å²) >= 11 is 9.60. The number of furan rings is 1. The summed E-state index contributed by atoms with van der Waals surface area (Å²) in [6, 6.07) is 9.48. The first kappa shape index (κ1) is 14.6. The predicted molar refractivity (Wildman–Crippen MR) is 86.1 cm³/mol. The van der Waals surface area contributed by atoms with Crippen LogP contribution in [0.4, 0.5) is 4.39 Å². The minimum Gasteiger partial charge on any atom is -0.459 e. The number of benzene rings is 2. The minimum absolute atomic E-state index is 0.335. The molecule has 0 bridgehead atoms. The average Bonchev–Trinajstić information content (AvgIpc) is 2.75. The summed E-state index contributed by atoms with van der Waals surface area (Å²) in [6.07, 6.45) is 0. The van der Waals surface area contributed by atoms with Crippen molar-refractivity contribution < 1.29 is 8.81 Å². The molecule has 0 aliphatic rings. The van der Waals surface area contributed by atoms with Gasteiger partial charge in [0, 0.05) is 26.5 Å². The first-order valence-electron chi connectivity index (χ1n) is 6.36. The van der Waals surface area contributed by atoms with Crippen molar-refractivity contribution in [2.75, 3.05) is 0 Å². The zero-order valence-corrected chi connectivity index (χ0v) is 13.5. The Morgan fingerprint density at radius 2 is 2.00 bits per heavy atom. The van der Waals surface area contributed by atoms with E-state index in [1.807, 2.05) is 19.1 Å². The lowest BCUT2D eigenvalue weighted by Crippen LogP contribution is -2.12. The third kappa shape index (κ3) is 2.59. The van der Waals surface area contributed by atoms with Crippen LogP contribution in [-0.4, -0.2) is 0 Å². The van der Waals surface area contributed by atoms with Gasteiger partial charge in [-0.1, -0.05) is 33.6 Å². The number of rotatable bonds is 2. The fraction of sp³-hybridized carbons (Fsp3) is 0.125. The van der Waals surface area contributed by atoms with Crippen molar-refractivity contribution in [1.29, 1.82) is 0 Å². The molecule has 0 amide bonds. The molecule has 1 atom stereocenters. The highest BCUT2D eigenvalue weighted by Gasteiger charge is 2.21. The molecule has 2 nitrogen and oxygen atoms in total. The summed E-state index contributed by atoms with van der Waals surface area (Å²) in [5.74, 6) is 0.262. The highest BCUT2D eigenvalue weighted by molar-refractivity contribution is 9.10. The minimum atomic E-state index is -0.499. The fourth-order valence-electron chi connectivity index (χ4n) is 2.41. The Balaban J connectivity index is 2.13. The summed E-state index contributed by atoms with van der Waals surface area (Å²) in [6.45, 7) is 1.91. The molecular formula is C16H12BrClFNO. The molecule has 1 aromatic heterocycles. The Hall–Kier alpha value is -1.36. The van der Waals surface area contributed by atoms with Crippen molar-refractivity contribution in [1.82, 2.24) is 0 Å². The molecule has 108 valence electrons. The van der Waals surface area contributed by atoms with E-state index in [9.17, 15) is 4.39 Å². The fourth-order valence-corrected chi connectivity index (χ4v) is 3.20. The van der Waals surface area contributed by atoms with E-state index in [0.29, 0.717) is 16.4 Å². The number of fused-ring (bicyclic) bond motifs is 1. The van der Waals surface area contributed by atoms with Gasteiger partial charge in [0.05, 0.1) is 6.04 Å². The smallest absolute Gasteiger partial charge is 0.137 e. The van der Waals surface area contributed by atoms with E-state index in [4.69, 9.17) is 21.8 Å². The Labute approximate surface area is 134 Å². The first-order chi connectivity index (χ1) is 9.97. The van der Waals surface area contributed by atoms with Crippen molar-refractivity contribution in [2.45, 2.75) is 13.0 Å². The van der Waals surface area contributed by atoms with Gasteiger partial charge in [-0.15, -0.1) is 0 Å². The first-order valence-corrected chi connectivity index (χ1v) is 7.53. The van der Waals surface area contributed by atoms with Crippen LogP contribution >= 0.6 is 27.5 Å². The standard InChI is InChI=1S/C16H12BrClFNO/c1-8-11-5-3-10(19)7-14(11)21-16(8)15(20)12-4-2-9(17)6-13(12)18/h2-7,15H,20H2,1H3. The third-order valence-corrected chi connectivity index (χ3v) is 4.34. The Morgan fingerprint density at radius 1 is 1.24 bits per heavy atom. The zero-order valence-electron chi connectivity index (χ0n) is 11.2. The van der Waals surface area contributed by atoms with E-state index in [-0.39, 0.29) is 5.82 Å². The van der Waals surface area contributed by atoms with Gasteiger partial charge < -0.3 is 10.2 Å². The highest BCUT2D eigenvalue weighted by atomic mass is 79.9. The van der Waals surface area contributed by atoms with Gasteiger partial charge in [0.15, 0.2) is 0 Å². The molecule has 0 spiro atoms. The van der Waals surface area contributed by atoms with Crippen LogP contribution in [0, 0.1) is 12.7 Å². The molecular weight excluding hydrogens is 357 g/mol. The van der Waals surface area contributed by atoms with Gasteiger partial charge in [-0.3, -0.25) is 0 Å². The molecule has 0 aliphatic carbocycles. The van der Waals surface area contributed by atoms with Gasteiger partial charge >= 0.3 is 0 Å². The average molecular weight is 369 g/mol. The topological polar surface area (TPSA) is 39.2 Å². The second kappa shape index (κ2) is 5.44. The normalized spacial score (nSPS) is 12.8. The lowest BCUT2D eigenvalue weighted by atomic mass is 10.0. The summed E-state index contributed by atoms with van der Waals surface area (Å²) in [5, 5.41) is 1.41. The van der Waals surface area contributed by atoms with Gasteiger partial charge in [0.2, 0.25) is 0 Å². The second-order valence-corrected chi connectivity index (χ2v) is 6.20. The van der Waals surface area contributed by atoms with Crippen molar-refractivity contribution in [3.63, 3.8) is 0 Å². The number of halogens is 3. The maximum atomic E-state index is 13.3. The lowest BCUT2D eigenvalue weighted by molar-refractivity contribution is 0.518. The van der Waals surface area contributed by atoms with Crippen LogP contribution < -0.4 is 5.73 Å². The van der Waals surface area contributed by atoms with E-state index in [1.54, 1.807) is 12.1 Å². The van der Waals surface area contributed by atoms with Crippen LogP contribution in [0.3, 0.4) is 0 Å². The van der Waals surface area contributed by atoms with E-state index < -0.39 is 6.04 Å². The molecule has 1 heterocycles. The monoisotopic (exact) mass is 367 g/mol. The molecule has 21 heavy (non-hydrogen) atoms. The largest absolute Gasteiger partial charge is 0.459 e. The zero-order chi connectivity index (χ0) is 15.1. The summed E-state index contributed by atoms with van der Waals surface area (Å²) in [7, 11) is 0. The maximum Gasteiger partial charge on any atom is 0.137 e. The van der Waals surface area contributed by atoms with E-state index in [2.05, 4.69) is 15.9 Å². The lowest BCUT2D eigenvalue weighted by Gasteiger charge is -2.12. The molecule has 5 heteroatoms. The number of aryl methyl sites for hydroxylation is 1. The highest BCUT2D eigenvalue weighted by Crippen LogP contribution is 2.35. The van der Waals surface area contributed by atoms with Crippen LogP contribution in [0.15, 0.2) is 45.3 Å². The van der Waals surface area contributed by atoms with Gasteiger partial charge in [0.1, 0.15) is 17.2 Å². The quantitative estimate of drug-likeness (QED) is 0.663. The van der Waals surface area contributed by atoms with Gasteiger partial charge in [-0.25, -0.2) is 4.39 Å².